The highest BCUT2D eigenvalue weighted by Crippen LogP contribution is 2.25. The molecule has 2 nitrogen and oxygen atoms in total. The summed E-state index contributed by atoms with van der Waals surface area (Å²) in [5, 5.41) is 9.28. The van der Waals surface area contributed by atoms with Gasteiger partial charge >= 0.3 is 0 Å². The van der Waals surface area contributed by atoms with E-state index in [1.807, 2.05) is 13.0 Å². The zero-order valence-electron chi connectivity index (χ0n) is 6.26. The molecule has 0 aliphatic carbocycles. The van der Waals surface area contributed by atoms with Crippen LogP contribution in [0.3, 0.4) is 0 Å². The fraction of sp³-hybridized carbons (Fsp3) is 0.250. The summed E-state index contributed by atoms with van der Waals surface area (Å²) in [6, 6.07) is 3.54. The molecule has 1 rings (SSSR count). The number of hydrogen-bond donors (Lipinski definition) is 2. The lowest BCUT2D eigenvalue weighted by Gasteiger charge is -2.04. The van der Waals surface area contributed by atoms with Crippen LogP contribution in [0.25, 0.3) is 0 Å². The molecule has 0 heterocycles. The smallest absolute Gasteiger partial charge is 0.118 e. The van der Waals surface area contributed by atoms with Gasteiger partial charge in [0.1, 0.15) is 5.75 Å². The summed E-state index contributed by atoms with van der Waals surface area (Å²) in [7, 11) is 0. The minimum Gasteiger partial charge on any atom is -0.508 e. The molecule has 0 aliphatic heterocycles. The van der Waals surface area contributed by atoms with Crippen molar-refractivity contribution in [3.8, 4) is 5.75 Å². The van der Waals surface area contributed by atoms with Crippen molar-refractivity contribution in [2.45, 2.75) is 13.5 Å². The van der Waals surface area contributed by atoms with Gasteiger partial charge in [0.15, 0.2) is 0 Å². The second kappa shape index (κ2) is 3.24. The quantitative estimate of drug-likeness (QED) is 0.753. The van der Waals surface area contributed by atoms with Crippen LogP contribution >= 0.6 is 15.9 Å². The van der Waals surface area contributed by atoms with Crippen molar-refractivity contribution in [2.75, 3.05) is 0 Å². The largest absolute Gasteiger partial charge is 0.508 e. The Morgan fingerprint density at radius 3 is 2.73 bits per heavy atom. The van der Waals surface area contributed by atoms with Crippen LogP contribution < -0.4 is 5.73 Å². The van der Waals surface area contributed by atoms with Crippen LogP contribution in [0, 0.1) is 6.92 Å². The molecule has 3 heteroatoms. The Hall–Kier alpha value is -0.540. The topological polar surface area (TPSA) is 46.2 Å². The normalized spacial score (nSPS) is 10.1. The highest BCUT2D eigenvalue weighted by Gasteiger charge is 2.01. The number of benzene rings is 1. The van der Waals surface area contributed by atoms with Crippen LogP contribution in [-0.4, -0.2) is 5.11 Å². The molecular weight excluding hydrogens is 206 g/mol. The number of aromatic hydroxyl groups is 1. The second-order valence-corrected chi connectivity index (χ2v) is 3.29. The van der Waals surface area contributed by atoms with Gasteiger partial charge < -0.3 is 10.8 Å². The minimum absolute atomic E-state index is 0.300. The van der Waals surface area contributed by atoms with E-state index in [0.717, 1.165) is 15.6 Å². The van der Waals surface area contributed by atoms with Crippen molar-refractivity contribution in [1.29, 1.82) is 0 Å². The van der Waals surface area contributed by atoms with E-state index in [0.29, 0.717) is 12.3 Å². The van der Waals surface area contributed by atoms with E-state index in [1.165, 1.54) is 0 Å². The van der Waals surface area contributed by atoms with Crippen molar-refractivity contribution < 1.29 is 5.11 Å². The number of phenolic OH excluding ortho intramolecular Hbond substituents is 1. The highest BCUT2D eigenvalue weighted by atomic mass is 79.9. The summed E-state index contributed by atoms with van der Waals surface area (Å²) in [6.07, 6.45) is 0. The van der Waals surface area contributed by atoms with Crippen LogP contribution in [0.4, 0.5) is 0 Å². The fourth-order valence-corrected chi connectivity index (χ4v) is 1.48. The Bertz CT molecular complexity index is 273. The number of nitrogens with two attached hydrogens (primary N) is 1. The maximum atomic E-state index is 9.28. The lowest BCUT2D eigenvalue weighted by molar-refractivity contribution is 0.470. The van der Waals surface area contributed by atoms with Gasteiger partial charge in [-0.2, -0.15) is 0 Å². The molecule has 0 saturated heterocycles. The van der Waals surface area contributed by atoms with Crippen molar-refractivity contribution in [3.05, 3.63) is 27.7 Å². The molecule has 1 aromatic rings. The molecule has 1 aromatic carbocycles. The van der Waals surface area contributed by atoms with Crippen LogP contribution in [-0.2, 0) is 6.54 Å². The lowest BCUT2D eigenvalue weighted by atomic mass is 10.1. The molecule has 0 amide bonds. The minimum atomic E-state index is 0.300. The van der Waals surface area contributed by atoms with Gasteiger partial charge in [0.2, 0.25) is 0 Å². The molecule has 0 radical (unpaired) electrons. The molecule has 0 aliphatic rings. The number of phenols is 1. The Morgan fingerprint density at radius 2 is 2.18 bits per heavy atom. The summed E-state index contributed by atoms with van der Waals surface area (Å²) in [6.45, 7) is 2.29. The average molecular weight is 216 g/mol. The van der Waals surface area contributed by atoms with Gasteiger partial charge in [0.25, 0.3) is 0 Å². The Labute approximate surface area is 74.2 Å². The van der Waals surface area contributed by atoms with Crippen molar-refractivity contribution in [2.24, 2.45) is 5.73 Å². The molecule has 3 N–H and O–H groups in total. The molecule has 11 heavy (non-hydrogen) atoms. The van der Waals surface area contributed by atoms with Gasteiger partial charge in [-0.1, -0.05) is 15.9 Å². The summed E-state index contributed by atoms with van der Waals surface area (Å²) < 4.78 is 0.954. The summed E-state index contributed by atoms with van der Waals surface area (Å²) in [5.41, 5.74) is 7.21. The van der Waals surface area contributed by atoms with Gasteiger partial charge in [0, 0.05) is 11.0 Å². The predicted molar refractivity (Wildman–Crippen MR) is 48.4 cm³/mol. The SMILES string of the molecule is Cc1cc(Br)c(CN)cc1O. The molecule has 0 fully saturated rings. The van der Waals surface area contributed by atoms with Crippen molar-refractivity contribution in [1.82, 2.24) is 0 Å². The van der Waals surface area contributed by atoms with E-state index in [9.17, 15) is 5.11 Å². The first kappa shape index (κ1) is 8.56. The first-order chi connectivity index (χ1) is 5.15. The molecule has 0 spiro atoms. The van der Waals surface area contributed by atoms with E-state index >= 15 is 0 Å². The van der Waals surface area contributed by atoms with Gasteiger partial charge in [0.05, 0.1) is 0 Å². The van der Waals surface area contributed by atoms with Gasteiger partial charge in [-0.3, -0.25) is 0 Å². The third-order valence-corrected chi connectivity index (χ3v) is 2.32. The zero-order chi connectivity index (χ0) is 8.43. The Kier molecular flexibility index (Phi) is 2.52. The number of halogens is 1. The number of rotatable bonds is 1. The predicted octanol–water partition coefficient (Wildman–Crippen LogP) is 1.92. The van der Waals surface area contributed by atoms with Gasteiger partial charge in [-0.15, -0.1) is 0 Å². The van der Waals surface area contributed by atoms with Crippen molar-refractivity contribution in [3.63, 3.8) is 0 Å². The van der Waals surface area contributed by atoms with E-state index in [1.54, 1.807) is 6.07 Å². The maximum Gasteiger partial charge on any atom is 0.118 e. The first-order valence-corrected chi connectivity index (χ1v) is 4.12. The van der Waals surface area contributed by atoms with Crippen LogP contribution in [0.5, 0.6) is 5.75 Å². The van der Waals surface area contributed by atoms with Crippen molar-refractivity contribution >= 4 is 15.9 Å². The van der Waals surface area contributed by atoms with E-state index < -0.39 is 0 Å². The van der Waals surface area contributed by atoms with Gasteiger partial charge in [-0.25, -0.2) is 0 Å². The molecular formula is C8H10BrNO. The maximum absolute atomic E-state index is 9.28. The first-order valence-electron chi connectivity index (χ1n) is 3.33. The summed E-state index contributed by atoms with van der Waals surface area (Å²) in [5.74, 6) is 0.300. The highest BCUT2D eigenvalue weighted by molar-refractivity contribution is 9.10. The molecule has 60 valence electrons. The molecule has 0 bridgehead atoms. The Morgan fingerprint density at radius 1 is 1.55 bits per heavy atom. The summed E-state index contributed by atoms with van der Waals surface area (Å²) >= 11 is 3.35. The van der Waals surface area contributed by atoms with Crippen LogP contribution in [0.2, 0.25) is 0 Å². The number of hydrogen-bond acceptors (Lipinski definition) is 2. The lowest BCUT2D eigenvalue weighted by Crippen LogP contribution is -1.97. The Balaban J connectivity index is 3.21. The van der Waals surface area contributed by atoms with E-state index in [2.05, 4.69) is 15.9 Å². The molecule has 0 unspecified atom stereocenters. The molecule has 0 aromatic heterocycles. The number of aryl methyl sites for hydroxylation is 1. The van der Waals surface area contributed by atoms with E-state index in [4.69, 9.17) is 5.73 Å². The molecule has 0 saturated carbocycles. The zero-order valence-corrected chi connectivity index (χ0v) is 7.85. The van der Waals surface area contributed by atoms with Crippen LogP contribution in [0.1, 0.15) is 11.1 Å². The van der Waals surface area contributed by atoms with Gasteiger partial charge in [-0.05, 0) is 30.2 Å². The fourth-order valence-electron chi connectivity index (χ4n) is 0.861. The average Bonchev–Trinajstić information content (AvgIpc) is 1.97. The summed E-state index contributed by atoms with van der Waals surface area (Å²) in [4.78, 5) is 0. The van der Waals surface area contributed by atoms with Crippen LogP contribution in [0.15, 0.2) is 16.6 Å². The molecule has 0 atom stereocenters. The monoisotopic (exact) mass is 215 g/mol. The van der Waals surface area contributed by atoms with E-state index in [-0.39, 0.29) is 0 Å². The standard InChI is InChI=1S/C8H10BrNO/c1-5-2-7(9)6(4-10)3-8(5)11/h2-3,11H,4,10H2,1H3. The third-order valence-electron chi connectivity index (χ3n) is 1.58. The second-order valence-electron chi connectivity index (χ2n) is 2.43. The third kappa shape index (κ3) is 1.73.